The molecule has 90 valence electrons. The summed E-state index contributed by atoms with van der Waals surface area (Å²) in [5.74, 6) is 0.841. The van der Waals surface area contributed by atoms with Crippen molar-refractivity contribution in [2.45, 2.75) is 32.7 Å². The van der Waals surface area contributed by atoms with Gasteiger partial charge in [0.15, 0.2) is 0 Å². The summed E-state index contributed by atoms with van der Waals surface area (Å²) in [7, 11) is 0. The SMILES string of the molecule is CCc1[nH]c(C(C)(C)N)nc1-c1ccccc1. The molecular formula is C14H19N3. The number of benzene rings is 1. The minimum atomic E-state index is -0.434. The molecule has 3 nitrogen and oxygen atoms in total. The largest absolute Gasteiger partial charge is 0.344 e. The second kappa shape index (κ2) is 4.34. The first kappa shape index (κ1) is 11.9. The molecule has 1 aromatic heterocycles. The van der Waals surface area contributed by atoms with E-state index in [4.69, 9.17) is 5.73 Å². The lowest BCUT2D eigenvalue weighted by atomic mass is 10.1. The summed E-state index contributed by atoms with van der Waals surface area (Å²) in [5.41, 5.74) is 8.94. The lowest BCUT2D eigenvalue weighted by Crippen LogP contribution is -2.30. The second-order valence-electron chi connectivity index (χ2n) is 4.85. The summed E-state index contributed by atoms with van der Waals surface area (Å²) < 4.78 is 0. The van der Waals surface area contributed by atoms with Gasteiger partial charge in [0.05, 0.1) is 11.2 Å². The Morgan fingerprint density at radius 3 is 2.41 bits per heavy atom. The molecule has 0 saturated carbocycles. The van der Waals surface area contributed by atoms with Crippen molar-refractivity contribution in [3.63, 3.8) is 0 Å². The van der Waals surface area contributed by atoms with Crippen LogP contribution in [-0.4, -0.2) is 9.97 Å². The molecule has 0 radical (unpaired) electrons. The van der Waals surface area contributed by atoms with Crippen molar-refractivity contribution >= 4 is 0 Å². The molecule has 0 atom stereocenters. The fourth-order valence-electron chi connectivity index (χ4n) is 1.81. The van der Waals surface area contributed by atoms with Crippen molar-refractivity contribution in [2.24, 2.45) is 5.73 Å². The molecule has 3 heteroatoms. The van der Waals surface area contributed by atoms with Gasteiger partial charge in [0, 0.05) is 11.3 Å². The normalized spacial score (nSPS) is 11.8. The van der Waals surface area contributed by atoms with E-state index >= 15 is 0 Å². The number of aromatic amines is 1. The predicted molar refractivity (Wildman–Crippen MR) is 70.6 cm³/mol. The molecule has 0 aliphatic rings. The first-order valence-corrected chi connectivity index (χ1v) is 5.96. The van der Waals surface area contributed by atoms with Gasteiger partial charge in [0.2, 0.25) is 0 Å². The monoisotopic (exact) mass is 229 g/mol. The molecule has 0 saturated heterocycles. The maximum Gasteiger partial charge on any atom is 0.126 e. The van der Waals surface area contributed by atoms with Crippen LogP contribution in [0, 0.1) is 0 Å². The third-order valence-corrected chi connectivity index (χ3v) is 2.79. The van der Waals surface area contributed by atoms with Gasteiger partial charge in [0.25, 0.3) is 0 Å². The van der Waals surface area contributed by atoms with Gasteiger partial charge in [0.1, 0.15) is 5.82 Å². The van der Waals surface area contributed by atoms with Gasteiger partial charge in [-0.3, -0.25) is 0 Å². The van der Waals surface area contributed by atoms with Crippen LogP contribution < -0.4 is 5.73 Å². The van der Waals surface area contributed by atoms with Crippen LogP contribution in [0.4, 0.5) is 0 Å². The Morgan fingerprint density at radius 2 is 1.88 bits per heavy atom. The molecule has 1 heterocycles. The number of H-pyrrole nitrogens is 1. The summed E-state index contributed by atoms with van der Waals surface area (Å²) >= 11 is 0. The minimum absolute atomic E-state index is 0.434. The Morgan fingerprint density at radius 1 is 1.24 bits per heavy atom. The summed E-state index contributed by atoms with van der Waals surface area (Å²) in [6.07, 6.45) is 0.924. The molecule has 3 N–H and O–H groups in total. The van der Waals surface area contributed by atoms with E-state index in [1.54, 1.807) is 0 Å². The molecule has 0 spiro atoms. The Labute approximate surface area is 102 Å². The van der Waals surface area contributed by atoms with E-state index in [1.807, 2.05) is 32.0 Å². The van der Waals surface area contributed by atoms with Crippen molar-refractivity contribution in [3.8, 4) is 11.3 Å². The number of imidazole rings is 1. The number of hydrogen-bond acceptors (Lipinski definition) is 2. The number of nitrogens with zero attached hydrogens (tertiary/aromatic N) is 1. The summed E-state index contributed by atoms with van der Waals surface area (Å²) in [6, 6.07) is 10.2. The van der Waals surface area contributed by atoms with Crippen molar-refractivity contribution in [1.29, 1.82) is 0 Å². The zero-order chi connectivity index (χ0) is 12.5. The molecule has 0 unspecified atom stereocenters. The van der Waals surface area contributed by atoms with E-state index in [2.05, 4.69) is 29.0 Å². The third kappa shape index (κ3) is 2.39. The quantitative estimate of drug-likeness (QED) is 0.850. The smallest absolute Gasteiger partial charge is 0.126 e. The van der Waals surface area contributed by atoms with Gasteiger partial charge in [-0.2, -0.15) is 0 Å². The minimum Gasteiger partial charge on any atom is -0.344 e. The van der Waals surface area contributed by atoms with Crippen LogP contribution in [0.15, 0.2) is 30.3 Å². The summed E-state index contributed by atoms with van der Waals surface area (Å²) in [5, 5.41) is 0. The van der Waals surface area contributed by atoms with Crippen molar-refractivity contribution in [3.05, 3.63) is 41.9 Å². The Hall–Kier alpha value is -1.61. The van der Waals surface area contributed by atoms with Crippen LogP contribution in [0.1, 0.15) is 32.3 Å². The highest BCUT2D eigenvalue weighted by molar-refractivity contribution is 5.62. The van der Waals surface area contributed by atoms with Gasteiger partial charge < -0.3 is 10.7 Å². The van der Waals surface area contributed by atoms with Crippen LogP contribution in [-0.2, 0) is 12.0 Å². The third-order valence-electron chi connectivity index (χ3n) is 2.79. The highest BCUT2D eigenvalue weighted by Crippen LogP contribution is 2.25. The van der Waals surface area contributed by atoms with Crippen LogP contribution >= 0.6 is 0 Å². The maximum absolute atomic E-state index is 6.08. The van der Waals surface area contributed by atoms with Crippen LogP contribution in [0.5, 0.6) is 0 Å². The summed E-state index contributed by atoms with van der Waals surface area (Å²) in [4.78, 5) is 7.98. The Kier molecular flexibility index (Phi) is 3.03. The second-order valence-corrected chi connectivity index (χ2v) is 4.85. The first-order valence-electron chi connectivity index (χ1n) is 5.96. The standard InChI is InChI=1S/C14H19N3/c1-4-11-12(10-8-6-5-7-9-10)17-13(16-11)14(2,3)15/h5-9H,4,15H2,1-3H3,(H,16,17). The van der Waals surface area contributed by atoms with Gasteiger partial charge in [-0.05, 0) is 20.3 Å². The number of nitrogens with two attached hydrogens (primary N) is 1. The Balaban J connectivity index is 2.51. The lowest BCUT2D eigenvalue weighted by Gasteiger charge is -2.14. The molecule has 0 aliphatic carbocycles. The van der Waals surface area contributed by atoms with Crippen LogP contribution in [0.2, 0.25) is 0 Å². The number of nitrogens with one attached hydrogen (secondary N) is 1. The molecule has 0 fully saturated rings. The highest BCUT2D eigenvalue weighted by Gasteiger charge is 2.21. The van der Waals surface area contributed by atoms with Gasteiger partial charge >= 0.3 is 0 Å². The van der Waals surface area contributed by atoms with E-state index in [1.165, 1.54) is 0 Å². The zero-order valence-electron chi connectivity index (χ0n) is 10.6. The molecule has 17 heavy (non-hydrogen) atoms. The van der Waals surface area contributed by atoms with Crippen LogP contribution in [0.25, 0.3) is 11.3 Å². The molecule has 2 rings (SSSR count). The summed E-state index contributed by atoms with van der Waals surface area (Å²) in [6.45, 7) is 6.04. The zero-order valence-corrected chi connectivity index (χ0v) is 10.6. The average Bonchev–Trinajstić information content (AvgIpc) is 2.73. The average molecular weight is 229 g/mol. The number of hydrogen-bond donors (Lipinski definition) is 2. The molecule has 0 bridgehead atoms. The van der Waals surface area contributed by atoms with E-state index in [0.717, 1.165) is 29.2 Å². The van der Waals surface area contributed by atoms with Gasteiger partial charge in [-0.1, -0.05) is 37.3 Å². The van der Waals surface area contributed by atoms with Gasteiger partial charge in [-0.15, -0.1) is 0 Å². The van der Waals surface area contributed by atoms with E-state index < -0.39 is 5.54 Å². The first-order chi connectivity index (χ1) is 8.02. The number of aryl methyl sites for hydroxylation is 1. The number of rotatable bonds is 3. The fraction of sp³-hybridized carbons (Fsp3) is 0.357. The van der Waals surface area contributed by atoms with Crippen molar-refractivity contribution in [2.75, 3.05) is 0 Å². The molecule has 0 aliphatic heterocycles. The molecular weight excluding hydrogens is 210 g/mol. The molecule has 2 aromatic rings. The van der Waals surface area contributed by atoms with Gasteiger partial charge in [-0.25, -0.2) is 4.98 Å². The Bertz CT molecular complexity index is 492. The van der Waals surface area contributed by atoms with Crippen molar-refractivity contribution in [1.82, 2.24) is 9.97 Å². The van der Waals surface area contributed by atoms with E-state index in [9.17, 15) is 0 Å². The van der Waals surface area contributed by atoms with E-state index in [0.29, 0.717) is 0 Å². The van der Waals surface area contributed by atoms with Crippen LogP contribution in [0.3, 0.4) is 0 Å². The topological polar surface area (TPSA) is 54.7 Å². The van der Waals surface area contributed by atoms with Crippen molar-refractivity contribution < 1.29 is 0 Å². The fourth-order valence-corrected chi connectivity index (χ4v) is 1.81. The predicted octanol–water partition coefficient (Wildman–Crippen LogP) is 2.83. The van der Waals surface area contributed by atoms with E-state index in [-0.39, 0.29) is 0 Å². The maximum atomic E-state index is 6.08. The molecule has 0 amide bonds. The number of aromatic nitrogens is 2. The molecule has 1 aromatic carbocycles. The lowest BCUT2D eigenvalue weighted by molar-refractivity contribution is 0.519. The highest BCUT2D eigenvalue weighted by atomic mass is 15.0.